The summed E-state index contributed by atoms with van der Waals surface area (Å²) in [6.45, 7) is 1.41. The van der Waals surface area contributed by atoms with Crippen LogP contribution in [0.5, 0.6) is 0 Å². The summed E-state index contributed by atoms with van der Waals surface area (Å²) in [5.41, 5.74) is 0. The van der Waals surface area contributed by atoms with E-state index < -0.39 is 0 Å². The Balaban J connectivity index is -0.0000000923. The van der Waals surface area contributed by atoms with Crippen LogP contribution in [0.4, 0.5) is 0 Å². The van der Waals surface area contributed by atoms with E-state index in [1.54, 1.807) is 14.2 Å². The Morgan fingerprint density at radius 1 is 0.952 bits per heavy atom. The van der Waals surface area contributed by atoms with Gasteiger partial charge >= 0.3 is 0 Å². The number of methoxy groups -OCH3 is 4. The van der Waals surface area contributed by atoms with Crippen LogP contribution in [-0.2, 0) is 45.4 Å². The van der Waals surface area contributed by atoms with E-state index in [0.29, 0.717) is 6.61 Å². The van der Waals surface area contributed by atoms with Gasteiger partial charge in [0.25, 0.3) is 0 Å². The van der Waals surface area contributed by atoms with Crippen molar-refractivity contribution in [2.75, 3.05) is 61.8 Å². The molecule has 9 heteroatoms. The second-order valence-corrected chi connectivity index (χ2v) is 3.23. The van der Waals surface area contributed by atoms with Gasteiger partial charge in [-0.15, -0.1) is 0 Å². The first-order valence-corrected chi connectivity index (χ1v) is 6.12. The second kappa shape index (κ2) is 32.4. The normalized spacial score (nSPS) is 14.7. The molecule has 130 valence electrons. The zero-order valence-corrected chi connectivity index (χ0v) is 15.0. The summed E-state index contributed by atoms with van der Waals surface area (Å²) in [7, 11) is 6.14. The Morgan fingerprint density at radius 2 is 1.38 bits per heavy atom. The third-order valence-electron chi connectivity index (χ3n) is 1.68. The average molecular weight is 350 g/mol. The van der Waals surface area contributed by atoms with Gasteiger partial charge in [-0.05, 0) is 6.42 Å². The summed E-state index contributed by atoms with van der Waals surface area (Å²) in [6.07, 6.45) is 1.93. The molecule has 1 atom stereocenters. The molecule has 0 amide bonds. The fourth-order valence-electron chi connectivity index (χ4n) is 0.609. The summed E-state index contributed by atoms with van der Waals surface area (Å²) in [5, 5.41) is 23.4. The molecular formula is C12H30O8Ti. The molecule has 1 fully saturated rings. The number of ether oxygens (including phenoxy) is 5. The molecule has 0 aromatic rings. The first kappa shape index (κ1) is 29.4. The van der Waals surface area contributed by atoms with Gasteiger partial charge in [0.2, 0.25) is 0 Å². The molecule has 0 aromatic heterocycles. The quantitative estimate of drug-likeness (QED) is 0.336. The van der Waals surface area contributed by atoms with E-state index in [0.717, 1.165) is 19.4 Å². The van der Waals surface area contributed by atoms with Crippen molar-refractivity contribution in [3.05, 3.63) is 0 Å². The van der Waals surface area contributed by atoms with Crippen molar-refractivity contribution in [3.8, 4) is 0 Å². The largest absolute Gasteiger partial charge is 0.396 e. The maximum absolute atomic E-state index is 8.12. The fourth-order valence-corrected chi connectivity index (χ4v) is 0.609. The molecule has 0 bridgehead atoms. The Labute approximate surface area is 142 Å². The number of aliphatic hydroxyl groups excluding tert-OH is 3. The van der Waals surface area contributed by atoms with Gasteiger partial charge in [-0.25, -0.2) is 0 Å². The van der Waals surface area contributed by atoms with Crippen LogP contribution in [0.1, 0.15) is 12.8 Å². The summed E-state index contributed by atoms with van der Waals surface area (Å²) in [4.78, 5) is 0. The van der Waals surface area contributed by atoms with E-state index in [1.807, 2.05) is 0 Å². The number of hydrogen-bond donors (Lipinski definition) is 3. The molecule has 21 heavy (non-hydrogen) atoms. The standard InChI is InChI=1S/C4H8O2.C4H10O2.2C2H6O2.Ti/c1-5-4-2-3-6-4;1-6-4-2-3-5;2*1-4-2-3;/h4H,2-3H2,1H3;5H,2-4H2,1H3;2*3H,2H2,1H3;. The molecule has 1 rings (SSSR count). The molecule has 1 saturated heterocycles. The molecule has 8 nitrogen and oxygen atoms in total. The molecule has 3 N–H and O–H groups in total. The van der Waals surface area contributed by atoms with Crippen molar-refractivity contribution < 1.29 is 60.7 Å². The van der Waals surface area contributed by atoms with Gasteiger partial charge in [-0.2, -0.15) is 0 Å². The molecule has 1 heterocycles. The maximum atomic E-state index is 8.12. The van der Waals surface area contributed by atoms with Gasteiger partial charge in [0.15, 0.2) is 6.29 Å². The molecule has 0 aliphatic carbocycles. The molecular weight excluding hydrogens is 320 g/mol. The van der Waals surface area contributed by atoms with Crippen LogP contribution in [0, 0.1) is 0 Å². The fraction of sp³-hybridized carbons (Fsp3) is 1.00. The van der Waals surface area contributed by atoms with E-state index in [9.17, 15) is 0 Å². The SMILES string of the molecule is COC1CCO1.COCCCO.COCO.COCO.[Ti]. The predicted octanol–water partition coefficient (Wildman–Crippen LogP) is -0.443. The number of hydrogen-bond acceptors (Lipinski definition) is 8. The van der Waals surface area contributed by atoms with Gasteiger partial charge in [0, 0.05) is 69.8 Å². The van der Waals surface area contributed by atoms with Crippen LogP contribution in [-0.4, -0.2) is 83.5 Å². The zero-order valence-electron chi connectivity index (χ0n) is 13.4. The minimum atomic E-state index is -0.181. The monoisotopic (exact) mass is 350 g/mol. The van der Waals surface area contributed by atoms with Crippen molar-refractivity contribution in [1.29, 1.82) is 0 Å². The first-order valence-electron chi connectivity index (χ1n) is 6.12. The molecule has 1 aliphatic rings. The smallest absolute Gasteiger partial charge is 0.159 e. The Morgan fingerprint density at radius 3 is 1.43 bits per heavy atom. The van der Waals surface area contributed by atoms with Crippen molar-refractivity contribution in [2.45, 2.75) is 19.1 Å². The first-order chi connectivity index (χ1) is 9.67. The van der Waals surface area contributed by atoms with Crippen LogP contribution in [0.2, 0.25) is 0 Å². The number of aliphatic hydroxyl groups is 3. The molecule has 0 saturated carbocycles. The third kappa shape index (κ3) is 38.5. The van der Waals surface area contributed by atoms with Gasteiger partial charge < -0.3 is 39.0 Å². The van der Waals surface area contributed by atoms with Crippen molar-refractivity contribution >= 4 is 0 Å². The molecule has 0 radical (unpaired) electrons. The summed E-state index contributed by atoms with van der Waals surface area (Å²) < 4.78 is 22.4. The average Bonchev–Trinajstić information content (AvgIpc) is 2.45. The van der Waals surface area contributed by atoms with E-state index in [4.69, 9.17) is 24.8 Å². The van der Waals surface area contributed by atoms with Crippen LogP contribution >= 0.6 is 0 Å². The predicted molar refractivity (Wildman–Crippen MR) is 73.1 cm³/mol. The Hall–Kier alpha value is 0.394. The summed E-state index contributed by atoms with van der Waals surface area (Å²) >= 11 is 0. The summed E-state index contributed by atoms with van der Waals surface area (Å²) in [6, 6.07) is 0. The topological polar surface area (TPSA) is 107 Å². The number of rotatable bonds is 6. The van der Waals surface area contributed by atoms with E-state index in [-0.39, 0.29) is 48.2 Å². The Bertz CT molecular complexity index is 124. The van der Waals surface area contributed by atoms with Crippen molar-refractivity contribution in [3.63, 3.8) is 0 Å². The Kier molecular flexibility index (Phi) is 45.3. The van der Waals surface area contributed by atoms with Crippen molar-refractivity contribution in [2.24, 2.45) is 0 Å². The summed E-state index contributed by atoms with van der Waals surface area (Å²) in [5.74, 6) is 0. The molecule has 0 spiro atoms. The van der Waals surface area contributed by atoms with Crippen LogP contribution in [0.25, 0.3) is 0 Å². The van der Waals surface area contributed by atoms with E-state index >= 15 is 0 Å². The minimum Gasteiger partial charge on any atom is -0.396 e. The third-order valence-corrected chi connectivity index (χ3v) is 1.68. The van der Waals surface area contributed by atoms with Crippen LogP contribution in [0.3, 0.4) is 0 Å². The minimum absolute atomic E-state index is 0. The molecule has 1 aliphatic heterocycles. The molecule has 1 unspecified atom stereocenters. The maximum Gasteiger partial charge on any atom is 0.159 e. The zero-order chi connectivity index (χ0) is 16.1. The van der Waals surface area contributed by atoms with Crippen LogP contribution in [0.15, 0.2) is 0 Å². The van der Waals surface area contributed by atoms with Gasteiger partial charge in [0.1, 0.15) is 13.6 Å². The van der Waals surface area contributed by atoms with Gasteiger partial charge in [0.05, 0.1) is 6.61 Å². The van der Waals surface area contributed by atoms with Crippen molar-refractivity contribution in [1.82, 2.24) is 0 Å². The molecule has 0 aromatic carbocycles. The van der Waals surface area contributed by atoms with Gasteiger partial charge in [-0.3, -0.25) is 0 Å². The second-order valence-electron chi connectivity index (χ2n) is 3.23. The van der Waals surface area contributed by atoms with Crippen LogP contribution < -0.4 is 0 Å². The van der Waals surface area contributed by atoms with E-state index in [1.165, 1.54) is 14.2 Å². The van der Waals surface area contributed by atoms with E-state index in [2.05, 4.69) is 14.2 Å². The van der Waals surface area contributed by atoms with Gasteiger partial charge in [-0.1, -0.05) is 0 Å².